The van der Waals surface area contributed by atoms with Crippen LogP contribution in [0, 0.1) is 0 Å². The minimum absolute atomic E-state index is 0.0297. The molecule has 0 radical (unpaired) electrons. The van der Waals surface area contributed by atoms with Gasteiger partial charge in [-0.05, 0) is 5.56 Å². The molecule has 1 unspecified atom stereocenters. The van der Waals surface area contributed by atoms with E-state index in [4.69, 9.17) is 5.73 Å². The fourth-order valence-corrected chi connectivity index (χ4v) is 1.29. The van der Waals surface area contributed by atoms with Gasteiger partial charge in [-0.25, -0.2) is 8.78 Å². The maximum absolute atomic E-state index is 13.2. The number of hydrogen-bond acceptors (Lipinski definition) is 2. The zero-order chi connectivity index (χ0) is 11.5. The van der Waals surface area contributed by atoms with E-state index in [2.05, 4.69) is 0 Å². The van der Waals surface area contributed by atoms with Gasteiger partial charge in [0.05, 0.1) is 6.10 Å². The summed E-state index contributed by atoms with van der Waals surface area (Å²) >= 11 is 0. The summed E-state index contributed by atoms with van der Waals surface area (Å²) in [6.07, 6.45) is -1.01. The Balaban J connectivity index is 2.90. The molecular formula is C11H15F2NO. The lowest BCUT2D eigenvalue weighted by Gasteiger charge is -2.15. The third-order valence-corrected chi connectivity index (χ3v) is 2.39. The summed E-state index contributed by atoms with van der Waals surface area (Å²) in [7, 11) is 0. The van der Waals surface area contributed by atoms with Gasteiger partial charge in [-0.3, -0.25) is 0 Å². The molecular weight excluding hydrogens is 200 g/mol. The second-order valence-corrected chi connectivity index (χ2v) is 3.43. The van der Waals surface area contributed by atoms with Crippen molar-refractivity contribution >= 4 is 0 Å². The Morgan fingerprint density at radius 3 is 2.27 bits per heavy atom. The Morgan fingerprint density at radius 2 is 1.87 bits per heavy atom. The Morgan fingerprint density at radius 1 is 1.33 bits per heavy atom. The molecule has 1 aromatic rings. The van der Waals surface area contributed by atoms with Crippen LogP contribution in [-0.4, -0.2) is 11.7 Å². The minimum Gasteiger partial charge on any atom is -0.387 e. The molecule has 1 atom stereocenters. The molecule has 0 heterocycles. The summed E-state index contributed by atoms with van der Waals surface area (Å²) in [6.45, 7) is 1.52. The van der Waals surface area contributed by atoms with Crippen LogP contribution in [0.4, 0.5) is 8.78 Å². The van der Waals surface area contributed by atoms with E-state index in [9.17, 15) is 13.9 Å². The highest BCUT2D eigenvalue weighted by atomic mass is 19.3. The first kappa shape index (κ1) is 12.1. The summed E-state index contributed by atoms with van der Waals surface area (Å²) in [5.41, 5.74) is 5.79. The monoisotopic (exact) mass is 215 g/mol. The van der Waals surface area contributed by atoms with Gasteiger partial charge < -0.3 is 10.8 Å². The van der Waals surface area contributed by atoms with Crippen molar-refractivity contribution < 1.29 is 13.9 Å². The van der Waals surface area contributed by atoms with E-state index in [1.165, 1.54) is 31.2 Å². The third-order valence-electron chi connectivity index (χ3n) is 2.39. The van der Waals surface area contributed by atoms with Crippen molar-refractivity contribution in [3.8, 4) is 0 Å². The van der Waals surface area contributed by atoms with Crippen molar-refractivity contribution in [1.82, 2.24) is 0 Å². The van der Waals surface area contributed by atoms with E-state index in [-0.39, 0.29) is 18.5 Å². The lowest BCUT2D eigenvalue weighted by atomic mass is 10.0. The molecule has 0 fully saturated rings. The van der Waals surface area contributed by atoms with Gasteiger partial charge in [0.2, 0.25) is 0 Å². The predicted molar refractivity (Wildman–Crippen MR) is 54.6 cm³/mol. The summed E-state index contributed by atoms with van der Waals surface area (Å²) in [5.74, 6) is -2.80. The molecule has 0 aliphatic carbocycles. The van der Waals surface area contributed by atoms with Gasteiger partial charge >= 0.3 is 0 Å². The van der Waals surface area contributed by atoms with Crippen LogP contribution in [0.5, 0.6) is 0 Å². The lowest BCUT2D eigenvalue weighted by molar-refractivity contribution is -0.00834. The second kappa shape index (κ2) is 4.68. The molecule has 0 spiro atoms. The molecule has 84 valence electrons. The van der Waals surface area contributed by atoms with Gasteiger partial charge in [0.15, 0.2) is 0 Å². The first-order chi connectivity index (χ1) is 7.01. The van der Waals surface area contributed by atoms with Crippen LogP contribution in [0.1, 0.15) is 30.6 Å². The minimum atomic E-state index is -2.80. The number of nitrogens with two attached hydrogens (primary N) is 1. The van der Waals surface area contributed by atoms with Crippen LogP contribution >= 0.6 is 0 Å². The predicted octanol–water partition coefficient (Wildman–Crippen LogP) is 2.18. The van der Waals surface area contributed by atoms with Crippen LogP contribution < -0.4 is 5.73 Å². The number of hydrogen-bond donors (Lipinski definition) is 2. The Kier molecular flexibility index (Phi) is 3.77. The fourth-order valence-electron chi connectivity index (χ4n) is 1.29. The topological polar surface area (TPSA) is 46.2 Å². The van der Waals surface area contributed by atoms with Crippen LogP contribution in [-0.2, 0) is 5.92 Å². The smallest absolute Gasteiger partial charge is 0.273 e. The SMILES string of the molecule is CCC(F)(F)c1ccc(C(O)CN)cc1. The van der Waals surface area contributed by atoms with Gasteiger partial charge in [-0.2, -0.15) is 0 Å². The van der Waals surface area contributed by atoms with E-state index < -0.39 is 12.0 Å². The maximum Gasteiger partial charge on any atom is 0.273 e. The van der Waals surface area contributed by atoms with Crippen LogP contribution in [0.25, 0.3) is 0 Å². The van der Waals surface area contributed by atoms with Crippen molar-refractivity contribution in [1.29, 1.82) is 0 Å². The van der Waals surface area contributed by atoms with Gasteiger partial charge in [0.1, 0.15) is 0 Å². The van der Waals surface area contributed by atoms with Gasteiger partial charge in [0, 0.05) is 18.5 Å². The maximum atomic E-state index is 13.2. The summed E-state index contributed by atoms with van der Waals surface area (Å²) in [5, 5.41) is 9.37. The molecule has 0 aliphatic heterocycles. The molecule has 3 N–H and O–H groups in total. The summed E-state index contributed by atoms with van der Waals surface area (Å²) in [6, 6.07) is 5.63. The number of aliphatic hydroxyl groups is 1. The molecule has 0 aromatic heterocycles. The number of aliphatic hydroxyl groups excluding tert-OH is 1. The van der Waals surface area contributed by atoms with E-state index in [1.54, 1.807) is 0 Å². The molecule has 0 aliphatic rings. The van der Waals surface area contributed by atoms with Gasteiger partial charge in [-0.1, -0.05) is 31.2 Å². The molecule has 2 nitrogen and oxygen atoms in total. The van der Waals surface area contributed by atoms with Gasteiger partial charge in [-0.15, -0.1) is 0 Å². The Labute approximate surface area is 87.7 Å². The number of alkyl halides is 2. The zero-order valence-corrected chi connectivity index (χ0v) is 8.58. The van der Waals surface area contributed by atoms with Crippen LogP contribution in [0.15, 0.2) is 24.3 Å². The molecule has 15 heavy (non-hydrogen) atoms. The highest BCUT2D eigenvalue weighted by molar-refractivity contribution is 5.27. The largest absolute Gasteiger partial charge is 0.387 e. The number of benzene rings is 1. The third kappa shape index (κ3) is 2.73. The van der Waals surface area contributed by atoms with Crippen molar-refractivity contribution in [3.63, 3.8) is 0 Å². The lowest BCUT2D eigenvalue weighted by Crippen LogP contribution is -2.13. The molecule has 0 saturated carbocycles. The van der Waals surface area contributed by atoms with Crippen LogP contribution in [0.2, 0.25) is 0 Å². The average Bonchev–Trinajstić information content (AvgIpc) is 2.28. The quantitative estimate of drug-likeness (QED) is 0.808. The normalized spacial score (nSPS) is 13.9. The highest BCUT2D eigenvalue weighted by Gasteiger charge is 2.28. The summed E-state index contributed by atoms with van der Waals surface area (Å²) in [4.78, 5) is 0. The molecule has 1 rings (SSSR count). The Bertz CT molecular complexity index is 311. The van der Waals surface area contributed by atoms with E-state index >= 15 is 0 Å². The summed E-state index contributed by atoms with van der Waals surface area (Å²) < 4.78 is 26.4. The van der Waals surface area contributed by atoms with E-state index in [0.29, 0.717) is 5.56 Å². The second-order valence-electron chi connectivity index (χ2n) is 3.43. The van der Waals surface area contributed by atoms with Crippen molar-refractivity contribution in [2.45, 2.75) is 25.4 Å². The average molecular weight is 215 g/mol. The molecule has 0 bridgehead atoms. The van der Waals surface area contributed by atoms with E-state index in [1.807, 2.05) is 0 Å². The molecule has 4 heteroatoms. The number of halogens is 2. The van der Waals surface area contributed by atoms with Crippen molar-refractivity contribution in [3.05, 3.63) is 35.4 Å². The molecule has 0 saturated heterocycles. The fraction of sp³-hybridized carbons (Fsp3) is 0.455. The molecule has 1 aromatic carbocycles. The van der Waals surface area contributed by atoms with Gasteiger partial charge in [0.25, 0.3) is 5.92 Å². The van der Waals surface area contributed by atoms with E-state index in [0.717, 1.165) is 0 Å². The Hall–Kier alpha value is -1.00. The number of rotatable bonds is 4. The standard InChI is InChI=1S/C11H15F2NO/c1-2-11(12,13)9-5-3-8(4-6-9)10(15)7-14/h3-6,10,15H,2,7,14H2,1H3. The molecule has 0 amide bonds. The highest BCUT2D eigenvalue weighted by Crippen LogP contribution is 2.31. The van der Waals surface area contributed by atoms with Crippen molar-refractivity contribution in [2.24, 2.45) is 5.73 Å². The van der Waals surface area contributed by atoms with Crippen LogP contribution in [0.3, 0.4) is 0 Å². The zero-order valence-electron chi connectivity index (χ0n) is 8.58. The first-order valence-electron chi connectivity index (χ1n) is 4.87. The first-order valence-corrected chi connectivity index (χ1v) is 4.87. The van der Waals surface area contributed by atoms with Crippen molar-refractivity contribution in [2.75, 3.05) is 6.54 Å².